The van der Waals surface area contributed by atoms with Gasteiger partial charge in [0.15, 0.2) is 0 Å². The van der Waals surface area contributed by atoms with Crippen LogP contribution in [0.2, 0.25) is 5.02 Å². The molecule has 0 bridgehead atoms. The van der Waals surface area contributed by atoms with Crippen LogP contribution in [0, 0.1) is 5.82 Å². The zero-order chi connectivity index (χ0) is 15.3. The Hall–Kier alpha value is -2.35. The third kappa shape index (κ3) is 4.73. The van der Waals surface area contributed by atoms with Crippen LogP contribution in [0.1, 0.15) is 6.42 Å². The van der Waals surface area contributed by atoms with E-state index in [0.717, 1.165) is 12.1 Å². The van der Waals surface area contributed by atoms with Gasteiger partial charge in [-0.05, 0) is 18.2 Å². The molecule has 0 aliphatic carbocycles. The van der Waals surface area contributed by atoms with Crippen molar-refractivity contribution in [2.75, 3.05) is 5.32 Å². The van der Waals surface area contributed by atoms with Gasteiger partial charge in [-0.2, -0.15) is 0 Å². The minimum absolute atomic E-state index is 0.189. The van der Waals surface area contributed by atoms with Crippen LogP contribution in [0.4, 0.5) is 14.9 Å². The molecule has 20 heavy (non-hydrogen) atoms. The van der Waals surface area contributed by atoms with Crippen LogP contribution in [0.15, 0.2) is 18.2 Å². The number of amides is 3. The van der Waals surface area contributed by atoms with Gasteiger partial charge in [0, 0.05) is 5.02 Å². The van der Waals surface area contributed by atoms with Crippen molar-refractivity contribution in [1.82, 2.24) is 5.32 Å². The number of carbonyl (C=O) groups is 3. The predicted molar refractivity (Wildman–Crippen MR) is 68.8 cm³/mol. The van der Waals surface area contributed by atoms with E-state index in [2.05, 4.69) is 5.32 Å². The van der Waals surface area contributed by atoms with Gasteiger partial charge >= 0.3 is 12.0 Å². The number of carbonyl (C=O) groups excluding carboxylic acids is 2. The molecule has 108 valence electrons. The first-order valence-corrected chi connectivity index (χ1v) is 5.71. The summed E-state index contributed by atoms with van der Waals surface area (Å²) >= 11 is 5.63. The highest BCUT2D eigenvalue weighted by molar-refractivity contribution is 6.30. The number of benzene rings is 1. The fourth-order valence-corrected chi connectivity index (χ4v) is 1.48. The SMILES string of the molecule is NC(=O)C[C@@H](NC(=O)Nc1cc(Cl)ccc1F)C(=O)O. The first kappa shape index (κ1) is 15.7. The summed E-state index contributed by atoms with van der Waals surface area (Å²) in [5.41, 5.74) is 4.63. The van der Waals surface area contributed by atoms with Crippen LogP contribution in [0.3, 0.4) is 0 Å². The van der Waals surface area contributed by atoms with Crippen molar-refractivity contribution in [1.29, 1.82) is 0 Å². The lowest BCUT2D eigenvalue weighted by molar-refractivity contribution is -0.140. The highest BCUT2D eigenvalue weighted by Gasteiger charge is 2.22. The summed E-state index contributed by atoms with van der Waals surface area (Å²) in [4.78, 5) is 33.0. The quantitative estimate of drug-likeness (QED) is 0.646. The van der Waals surface area contributed by atoms with Crippen molar-refractivity contribution >= 4 is 35.2 Å². The molecule has 0 aromatic heterocycles. The lowest BCUT2D eigenvalue weighted by Gasteiger charge is -2.14. The van der Waals surface area contributed by atoms with Gasteiger partial charge in [0.25, 0.3) is 0 Å². The molecular formula is C11H11ClFN3O4. The molecule has 0 radical (unpaired) electrons. The van der Waals surface area contributed by atoms with Crippen LogP contribution < -0.4 is 16.4 Å². The van der Waals surface area contributed by atoms with E-state index < -0.39 is 36.2 Å². The number of aliphatic carboxylic acids is 1. The van der Waals surface area contributed by atoms with Gasteiger partial charge in [0.05, 0.1) is 12.1 Å². The number of carboxylic acids is 1. The number of primary amides is 1. The van der Waals surface area contributed by atoms with Gasteiger partial charge in [0.2, 0.25) is 5.91 Å². The molecule has 0 aliphatic rings. The van der Waals surface area contributed by atoms with Gasteiger partial charge in [-0.25, -0.2) is 14.0 Å². The molecule has 1 aromatic rings. The molecule has 3 amide bonds. The molecule has 0 aliphatic heterocycles. The smallest absolute Gasteiger partial charge is 0.326 e. The second-order valence-electron chi connectivity index (χ2n) is 3.78. The lowest BCUT2D eigenvalue weighted by Crippen LogP contribution is -2.45. The molecule has 0 fully saturated rings. The number of anilines is 1. The molecule has 7 nitrogen and oxygen atoms in total. The second-order valence-corrected chi connectivity index (χ2v) is 4.22. The monoisotopic (exact) mass is 303 g/mol. The van der Waals surface area contributed by atoms with Crippen molar-refractivity contribution in [3.63, 3.8) is 0 Å². The molecule has 9 heteroatoms. The first-order chi connectivity index (χ1) is 9.29. The maximum absolute atomic E-state index is 13.3. The second kappa shape index (κ2) is 6.71. The topological polar surface area (TPSA) is 122 Å². The lowest BCUT2D eigenvalue weighted by atomic mass is 10.2. The molecule has 0 spiro atoms. The molecule has 5 N–H and O–H groups in total. The number of hydrogen-bond acceptors (Lipinski definition) is 3. The number of halogens is 2. The van der Waals surface area contributed by atoms with E-state index in [1.807, 2.05) is 5.32 Å². The van der Waals surface area contributed by atoms with Crippen LogP contribution in [-0.2, 0) is 9.59 Å². The summed E-state index contributed by atoms with van der Waals surface area (Å²) in [6.45, 7) is 0. The van der Waals surface area contributed by atoms with Gasteiger partial charge in [-0.15, -0.1) is 0 Å². The summed E-state index contributed by atoms with van der Waals surface area (Å²) in [5, 5.41) is 13.0. The molecule has 1 rings (SSSR count). The Morgan fingerprint density at radius 2 is 2.05 bits per heavy atom. The third-order valence-corrected chi connectivity index (χ3v) is 2.42. The Labute approximate surface area is 117 Å². The minimum atomic E-state index is -1.50. The number of nitrogens with one attached hydrogen (secondary N) is 2. The number of hydrogen-bond donors (Lipinski definition) is 4. The average Bonchev–Trinajstić information content (AvgIpc) is 2.32. The van der Waals surface area contributed by atoms with Crippen molar-refractivity contribution < 1.29 is 23.9 Å². The summed E-state index contributed by atoms with van der Waals surface area (Å²) in [7, 11) is 0. The fraction of sp³-hybridized carbons (Fsp3) is 0.182. The highest BCUT2D eigenvalue weighted by atomic mass is 35.5. The standard InChI is InChI=1S/C11H11ClFN3O4/c12-5-1-2-6(13)7(3-5)15-11(20)16-8(10(18)19)4-9(14)17/h1-3,8H,4H2,(H2,14,17)(H,18,19)(H2,15,16,20)/t8-/m1/s1. The van der Waals surface area contributed by atoms with Crippen LogP contribution in [-0.4, -0.2) is 29.1 Å². The summed E-state index contributed by atoms with van der Waals surface area (Å²) < 4.78 is 13.3. The van der Waals surface area contributed by atoms with Crippen LogP contribution >= 0.6 is 11.6 Å². The predicted octanol–water partition coefficient (Wildman–Crippen LogP) is 0.929. The average molecular weight is 304 g/mol. The summed E-state index contributed by atoms with van der Waals surface area (Å²) in [6.07, 6.45) is -0.583. The van der Waals surface area contributed by atoms with E-state index in [4.69, 9.17) is 22.4 Å². The van der Waals surface area contributed by atoms with Crippen molar-refractivity contribution in [3.8, 4) is 0 Å². The fourth-order valence-electron chi connectivity index (χ4n) is 1.31. The Kier molecular flexibility index (Phi) is 5.27. The zero-order valence-electron chi connectivity index (χ0n) is 10.0. The molecule has 0 saturated heterocycles. The normalized spacial score (nSPS) is 11.5. The third-order valence-electron chi connectivity index (χ3n) is 2.19. The summed E-state index contributed by atoms with van der Waals surface area (Å²) in [5.74, 6) is -3.08. The van der Waals surface area contributed by atoms with E-state index >= 15 is 0 Å². The molecular weight excluding hydrogens is 293 g/mol. The Morgan fingerprint density at radius 3 is 2.60 bits per heavy atom. The van der Waals surface area contributed by atoms with E-state index in [1.165, 1.54) is 6.07 Å². The number of urea groups is 1. The van der Waals surface area contributed by atoms with Gasteiger partial charge < -0.3 is 21.5 Å². The number of rotatable bonds is 5. The van der Waals surface area contributed by atoms with Crippen molar-refractivity contribution in [2.45, 2.75) is 12.5 Å². The number of nitrogens with two attached hydrogens (primary N) is 1. The molecule has 0 unspecified atom stereocenters. The van der Waals surface area contributed by atoms with Crippen molar-refractivity contribution in [3.05, 3.63) is 29.0 Å². The molecule has 1 atom stereocenters. The summed E-state index contributed by atoms with van der Waals surface area (Å²) in [6, 6.07) is 0.971. The first-order valence-electron chi connectivity index (χ1n) is 5.33. The van der Waals surface area contributed by atoms with Crippen LogP contribution in [0.25, 0.3) is 0 Å². The maximum atomic E-state index is 13.3. The Bertz CT molecular complexity index is 552. The van der Waals surface area contributed by atoms with Gasteiger partial charge in [0.1, 0.15) is 11.9 Å². The Morgan fingerprint density at radius 1 is 1.40 bits per heavy atom. The number of carboxylic acid groups (broad SMARTS) is 1. The van der Waals surface area contributed by atoms with E-state index in [0.29, 0.717) is 0 Å². The zero-order valence-corrected chi connectivity index (χ0v) is 10.8. The van der Waals surface area contributed by atoms with Crippen molar-refractivity contribution in [2.24, 2.45) is 5.73 Å². The largest absolute Gasteiger partial charge is 0.480 e. The molecule has 0 heterocycles. The van der Waals surface area contributed by atoms with E-state index in [1.54, 1.807) is 0 Å². The minimum Gasteiger partial charge on any atom is -0.480 e. The molecule has 0 saturated carbocycles. The van der Waals surface area contributed by atoms with Gasteiger partial charge in [-0.1, -0.05) is 11.6 Å². The molecule has 1 aromatic carbocycles. The van der Waals surface area contributed by atoms with E-state index in [-0.39, 0.29) is 10.7 Å². The van der Waals surface area contributed by atoms with Crippen LogP contribution in [0.5, 0.6) is 0 Å². The van der Waals surface area contributed by atoms with E-state index in [9.17, 15) is 18.8 Å². The Balaban J connectivity index is 2.72. The highest BCUT2D eigenvalue weighted by Crippen LogP contribution is 2.19. The van der Waals surface area contributed by atoms with Gasteiger partial charge in [-0.3, -0.25) is 4.79 Å². The maximum Gasteiger partial charge on any atom is 0.326 e.